The quantitative estimate of drug-likeness (QED) is 0.329. The summed E-state index contributed by atoms with van der Waals surface area (Å²) in [4.78, 5) is 37.4. The molecule has 1 atom stereocenters. The maximum atomic E-state index is 15.6. The number of anilines is 1. The molecule has 2 aromatic carbocycles. The molecular weight excluding hydrogens is 479 g/mol. The maximum Gasteiger partial charge on any atom is 0.319 e. The average molecular weight is 503 g/mol. The molecule has 0 fully saturated rings. The standard InChI is InChI=1S/C25H24F3N3O5/c1-4-36-19(33)12-17(29-25(35)30-23-18(32)10-13(2)31(3)24(23)34)20-21(27)15(11-16(26)22(20)28)14-8-6-5-7-9-14/h5-11,17,32H,4,12H2,1-3H3,(H2,29,30,35). The van der Waals surface area contributed by atoms with Gasteiger partial charge in [0.2, 0.25) is 0 Å². The van der Waals surface area contributed by atoms with E-state index in [-0.39, 0.29) is 17.7 Å². The van der Waals surface area contributed by atoms with Crippen molar-refractivity contribution in [2.45, 2.75) is 26.3 Å². The Morgan fingerprint density at radius 3 is 2.42 bits per heavy atom. The number of amides is 2. The number of urea groups is 1. The van der Waals surface area contributed by atoms with E-state index in [4.69, 9.17) is 4.74 Å². The van der Waals surface area contributed by atoms with E-state index in [1.165, 1.54) is 32.2 Å². The van der Waals surface area contributed by atoms with Crippen LogP contribution in [0.3, 0.4) is 0 Å². The van der Waals surface area contributed by atoms with Crippen LogP contribution in [0, 0.1) is 24.4 Å². The number of nitrogens with one attached hydrogen (secondary N) is 2. The van der Waals surface area contributed by atoms with Crippen LogP contribution in [-0.2, 0) is 16.6 Å². The first kappa shape index (κ1) is 26.3. The number of hydrogen-bond acceptors (Lipinski definition) is 5. The van der Waals surface area contributed by atoms with Crippen molar-refractivity contribution in [3.8, 4) is 16.9 Å². The molecule has 8 nitrogen and oxygen atoms in total. The number of benzene rings is 2. The lowest BCUT2D eigenvalue weighted by Crippen LogP contribution is -2.37. The Kier molecular flexibility index (Phi) is 8.03. The van der Waals surface area contributed by atoms with Crippen LogP contribution in [0.2, 0.25) is 0 Å². The van der Waals surface area contributed by atoms with E-state index in [0.29, 0.717) is 11.8 Å². The summed E-state index contributed by atoms with van der Waals surface area (Å²) in [5.74, 6) is -5.64. The average Bonchev–Trinajstić information content (AvgIpc) is 2.83. The van der Waals surface area contributed by atoms with Crippen LogP contribution in [0.1, 0.15) is 30.6 Å². The highest BCUT2D eigenvalue weighted by molar-refractivity contribution is 5.91. The van der Waals surface area contributed by atoms with E-state index in [1.807, 2.05) is 0 Å². The van der Waals surface area contributed by atoms with E-state index < -0.39 is 64.5 Å². The summed E-state index contributed by atoms with van der Waals surface area (Å²) in [5, 5.41) is 14.4. The molecular formula is C25H24F3N3O5. The lowest BCUT2D eigenvalue weighted by molar-refractivity contribution is -0.143. The summed E-state index contributed by atoms with van der Waals surface area (Å²) in [7, 11) is 1.41. The molecule has 1 unspecified atom stereocenters. The molecule has 0 aliphatic rings. The van der Waals surface area contributed by atoms with Gasteiger partial charge in [-0.05, 0) is 25.5 Å². The van der Waals surface area contributed by atoms with Crippen LogP contribution in [0.5, 0.6) is 5.75 Å². The Bertz CT molecular complexity index is 1360. The Labute approximate surface area is 204 Å². The van der Waals surface area contributed by atoms with Crippen molar-refractivity contribution < 1.29 is 32.6 Å². The third-order valence-corrected chi connectivity index (χ3v) is 5.49. The second-order valence-electron chi connectivity index (χ2n) is 7.88. The van der Waals surface area contributed by atoms with Crippen molar-refractivity contribution >= 4 is 17.7 Å². The van der Waals surface area contributed by atoms with Gasteiger partial charge in [0.1, 0.15) is 11.6 Å². The molecule has 0 spiro atoms. The largest absolute Gasteiger partial charge is 0.505 e. The van der Waals surface area contributed by atoms with Gasteiger partial charge in [0, 0.05) is 24.4 Å². The molecule has 2 amide bonds. The van der Waals surface area contributed by atoms with Gasteiger partial charge in [-0.25, -0.2) is 18.0 Å². The van der Waals surface area contributed by atoms with Gasteiger partial charge in [-0.2, -0.15) is 0 Å². The van der Waals surface area contributed by atoms with Gasteiger partial charge in [-0.3, -0.25) is 9.59 Å². The molecule has 0 bridgehead atoms. The molecule has 3 N–H and O–H groups in total. The number of aromatic nitrogens is 1. The predicted molar refractivity (Wildman–Crippen MR) is 126 cm³/mol. The molecule has 0 saturated heterocycles. The van der Waals surface area contributed by atoms with Gasteiger partial charge in [0.15, 0.2) is 17.3 Å². The van der Waals surface area contributed by atoms with Crippen molar-refractivity contribution in [3.05, 3.63) is 81.5 Å². The summed E-state index contributed by atoms with van der Waals surface area (Å²) < 4.78 is 51.0. The number of hydrogen-bond donors (Lipinski definition) is 3. The number of halogens is 3. The molecule has 11 heteroatoms. The van der Waals surface area contributed by atoms with Gasteiger partial charge in [0.25, 0.3) is 5.56 Å². The molecule has 190 valence electrons. The lowest BCUT2D eigenvalue weighted by Gasteiger charge is -2.22. The van der Waals surface area contributed by atoms with E-state index in [1.54, 1.807) is 25.1 Å². The van der Waals surface area contributed by atoms with Crippen molar-refractivity contribution in [2.75, 3.05) is 11.9 Å². The first-order valence-electron chi connectivity index (χ1n) is 10.9. The smallest absolute Gasteiger partial charge is 0.319 e. The zero-order valence-corrected chi connectivity index (χ0v) is 19.7. The van der Waals surface area contributed by atoms with Crippen molar-refractivity contribution in [1.29, 1.82) is 0 Å². The summed E-state index contributed by atoms with van der Waals surface area (Å²) in [5.41, 5.74) is -1.80. The number of carbonyl (C=O) groups is 2. The Hall–Kier alpha value is -4.28. The summed E-state index contributed by atoms with van der Waals surface area (Å²) >= 11 is 0. The van der Waals surface area contributed by atoms with Crippen molar-refractivity contribution in [2.24, 2.45) is 7.05 Å². The number of nitrogens with zero attached hydrogens (tertiary/aromatic N) is 1. The highest BCUT2D eigenvalue weighted by Crippen LogP contribution is 2.33. The van der Waals surface area contributed by atoms with Gasteiger partial charge < -0.3 is 25.0 Å². The molecule has 0 aliphatic carbocycles. The summed E-state index contributed by atoms with van der Waals surface area (Å²) in [6.07, 6.45) is -0.745. The highest BCUT2D eigenvalue weighted by atomic mass is 19.2. The van der Waals surface area contributed by atoms with E-state index >= 15 is 4.39 Å². The van der Waals surface area contributed by atoms with Crippen LogP contribution >= 0.6 is 0 Å². The lowest BCUT2D eigenvalue weighted by atomic mass is 9.95. The number of esters is 1. The molecule has 1 aromatic heterocycles. The predicted octanol–water partition coefficient (Wildman–Crippen LogP) is 4.30. The minimum absolute atomic E-state index is 0.0472. The van der Waals surface area contributed by atoms with E-state index in [0.717, 1.165) is 4.57 Å². The van der Waals surface area contributed by atoms with Crippen LogP contribution in [0.4, 0.5) is 23.7 Å². The van der Waals surface area contributed by atoms with Crippen LogP contribution in [0.25, 0.3) is 11.1 Å². The first-order valence-corrected chi connectivity index (χ1v) is 10.9. The van der Waals surface area contributed by atoms with Crippen LogP contribution in [0.15, 0.2) is 47.3 Å². The Balaban J connectivity index is 2.04. The zero-order chi connectivity index (χ0) is 26.6. The SMILES string of the molecule is CCOC(=O)CC(NC(=O)Nc1c(O)cc(C)n(C)c1=O)c1c(F)c(F)cc(-c2ccccc2)c1F. The Morgan fingerprint density at radius 2 is 1.78 bits per heavy atom. The number of aromatic hydroxyl groups is 1. The number of aryl methyl sites for hydroxylation is 1. The minimum atomic E-state index is -1.72. The molecule has 36 heavy (non-hydrogen) atoms. The normalized spacial score (nSPS) is 11.6. The third kappa shape index (κ3) is 5.51. The maximum absolute atomic E-state index is 15.6. The van der Waals surface area contributed by atoms with Gasteiger partial charge in [0.05, 0.1) is 24.6 Å². The first-order chi connectivity index (χ1) is 17.0. The zero-order valence-electron chi connectivity index (χ0n) is 19.7. The molecule has 1 heterocycles. The van der Waals surface area contributed by atoms with Gasteiger partial charge in [-0.1, -0.05) is 30.3 Å². The van der Waals surface area contributed by atoms with Crippen LogP contribution in [-0.4, -0.2) is 28.3 Å². The third-order valence-electron chi connectivity index (χ3n) is 5.49. The van der Waals surface area contributed by atoms with Crippen molar-refractivity contribution in [3.63, 3.8) is 0 Å². The highest BCUT2D eigenvalue weighted by Gasteiger charge is 2.30. The number of carbonyl (C=O) groups excluding carboxylic acids is 2. The van der Waals surface area contributed by atoms with Crippen LogP contribution < -0.4 is 16.2 Å². The molecule has 0 saturated carbocycles. The molecule has 0 aliphatic heterocycles. The topological polar surface area (TPSA) is 110 Å². The van der Waals surface area contributed by atoms with E-state index in [2.05, 4.69) is 10.6 Å². The summed E-state index contributed by atoms with van der Waals surface area (Å²) in [6.45, 7) is 3.02. The summed E-state index contributed by atoms with van der Waals surface area (Å²) in [6, 6.07) is 6.78. The molecule has 3 aromatic rings. The molecule has 3 rings (SSSR count). The fourth-order valence-corrected chi connectivity index (χ4v) is 3.60. The van der Waals surface area contributed by atoms with Crippen molar-refractivity contribution in [1.82, 2.24) is 9.88 Å². The second kappa shape index (κ2) is 11.0. The number of rotatable bonds is 7. The fourth-order valence-electron chi connectivity index (χ4n) is 3.60. The fraction of sp³-hybridized carbons (Fsp3) is 0.240. The second-order valence-corrected chi connectivity index (χ2v) is 7.88. The Morgan fingerprint density at radius 1 is 1.11 bits per heavy atom. The number of pyridine rings is 1. The van der Waals surface area contributed by atoms with Gasteiger partial charge in [-0.15, -0.1) is 0 Å². The van der Waals surface area contributed by atoms with Gasteiger partial charge >= 0.3 is 12.0 Å². The molecule has 0 radical (unpaired) electrons. The minimum Gasteiger partial charge on any atom is -0.505 e. The monoisotopic (exact) mass is 503 g/mol. The number of ether oxygens (including phenoxy) is 1. The van der Waals surface area contributed by atoms with E-state index in [9.17, 15) is 28.3 Å².